The minimum atomic E-state index is -0.836. The fraction of sp³-hybridized carbons (Fsp3) is 0.464. The fourth-order valence-electron chi connectivity index (χ4n) is 6.29. The molecule has 3 heterocycles. The van der Waals surface area contributed by atoms with Crippen molar-refractivity contribution in [2.24, 2.45) is 17.8 Å². The second-order valence-electron chi connectivity index (χ2n) is 10.6. The van der Waals surface area contributed by atoms with Crippen molar-refractivity contribution < 1.29 is 19.5 Å². The molecule has 3 fully saturated rings. The smallest absolute Gasteiger partial charge is 0.248 e. The third-order valence-electron chi connectivity index (χ3n) is 8.01. The number of carbonyl (C=O) groups excluding carboxylic acids is 3. The molecule has 2 bridgehead atoms. The standard InChI is InChI=1S/C28H31BrClN3O4S/c1-15(2)20(14-34)33-24(26(36)32-18-10-8-17(30)9-11-18)28-12-19(29)23(38-28)21(22(28)27(33)37)25(35)31-13-16-6-4-3-5-7-16/h3-11,15,19-24,34H,12-14H2,1-2H3,(H,31,35)(H,32,36)/t19?,20-,21+,22-,23+,24?,28?/m0/s1. The van der Waals surface area contributed by atoms with Crippen LogP contribution < -0.4 is 10.6 Å². The second kappa shape index (κ2) is 10.8. The predicted molar refractivity (Wildman–Crippen MR) is 153 cm³/mol. The molecule has 38 heavy (non-hydrogen) atoms. The van der Waals surface area contributed by atoms with Gasteiger partial charge in [-0.2, -0.15) is 0 Å². The van der Waals surface area contributed by atoms with Gasteiger partial charge in [0.05, 0.1) is 29.2 Å². The van der Waals surface area contributed by atoms with Crippen molar-refractivity contribution in [2.45, 2.75) is 53.7 Å². The topological polar surface area (TPSA) is 98.7 Å². The van der Waals surface area contributed by atoms with Crippen LogP contribution in [0.3, 0.4) is 0 Å². The quantitative estimate of drug-likeness (QED) is 0.387. The summed E-state index contributed by atoms with van der Waals surface area (Å²) in [6.45, 7) is 3.95. The van der Waals surface area contributed by atoms with Crippen LogP contribution in [0.4, 0.5) is 5.69 Å². The molecule has 7 atom stereocenters. The Morgan fingerprint density at radius 3 is 2.47 bits per heavy atom. The summed E-state index contributed by atoms with van der Waals surface area (Å²) in [5, 5.41) is 16.8. The van der Waals surface area contributed by atoms with Gasteiger partial charge in [-0.3, -0.25) is 14.4 Å². The molecule has 202 valence electrons. The lowest BCUT2D eigenvalue weighted by Crippen LogP contribution is -2.56. The van der Waals surface area contributed by atoms with Crippen molar-refractivity contribution in [3.63, 3.8) is 0 Å². The SMILES string of the molecule is CC(C)[C@H](CO)N1C(=O)[C@@H]2[C@@H](C(=O)NCc3ccccc3)[C@@H]3SC2(CC3Br)C1C(=O)Nc1ccc(Cl)cc1. The Kier molecular flexibility index (Phi) is 7.84. The van der Waals surface area contributed by atoms with E-state index in [4.69, 9.17) is 11.6 Å². The summed E-state index contributed by atoms with van der Waals surface area (Å²) < 4.78 is -0.788. The summed E-state index contributed by atoms with van der Waals surface area (Å²) in [6, 6.07) is 15.1. The molecule has 0 radical (unpaired) electrons. The summed E-state index contributed by atoms with van der Waals surface area (Å²) in [5.74, 6) is -2.06. The van der Waals surface area contributed by atoms with Gasteiger partial charge in [0.1, 0.15) is 6.04 Å². The van der Waals surface area contributed by atoms with Crippen molar-refractivity contribution in [3.8, 4) is 0 Å². The number of hydrogen-bond acceptors (Lipinski definition) is 5. The van der Waals surface area contributed by atoms with Gasteiger partial charge in [0.2, 0.25) is 17.7 Å². The van der Waals surface area contributed by atoms with E-state index in [1.54, 1.807) is 40.9 Å². The van der Waals surface area contributed by atoms with Gasteiger partial charge < -0.3 is 20.6 Å². The Morgan fingerprint density at radius 1 is 1.16 bits per heavy atom. The van der Waals surface area contributed by atoms with Gasteiger partial charge in [-0.25, -0.2) is 0 Å². The highest BCUT2D eigenvalue weighted by atomic mass is 79.9. The highest BCUT2D eigenvalue weighted by Gasteiger charge is 2.76. The van der Waals surface area contributed by atoms with Crippen molar-refractivity contribution in [1.82, 2.24) is 10.2 Å². The molecule has 3 saturated heterocycles. The lowest BCUT2D eigenvalue weighted by atomic mass is 9.70. The van der Waals surface area contributed by atoms with Crippen LogP contribution in [0, 0.1) is 17.8 Å². The maximum Gasteiger partial charge on any atom is 0.248 e. The van der Waals surface area contributed by atoms with Gasteiger partial charge in [-0.05, 0) is 42.2 Å². The molecular formula is C28H31BrClN3O4S. The number of fused-ring (bicyclic) bond motifs is 1. The van der Waals surface area contributed by atoms with Crippen molar-refractivity contribution in [2.75, 3.05) is 11.9 Å². The van der Waals surface area contributed by atoms with E-state index in [-0.39, 0.29) is 40.3 Å². The van der Waals surface area contributed by atoms with Gasteiger partial charge in [0.15, 0.2) is 0 Å². The Hall–Kier alpha value is -2.07. The minimum absolute atomic E-state index is 0.0265. The highest BCUT2D eigenvalue weighted by molar-refractivity contribution is 9.09. The predicted octanol–water partition coefficient (Wildman–Crippen LogP) is 4.08. The van der Waals surface area contributed by atoms with Gasteiger partial charge in [0.25, 0.3) is 0 Å². The van der Waals surface area contributed by atoms with E-state index in [1.807, 2.05) is 44.2 Å². The number of nitrogens with one attached hydrogen (secondary N) is 2. The molecule has 2 aromatic carbocycles. The van der Waals surface area contributed by atoms with Crippen molar-refractivity contribution >= 4 is 62.7 Å². The Labute approximate surface area is 240 Å². The molecule has 7 nitrogen and oxygen atoms in total. The lowest BCUT2D eigenvalue weighted by molar-refractivity contribution is -0.142. The van der Waals surface area contributed by atoms with E-state index in [2.05, 4.69) is 26.6 Å². The number of amides is 3. The molecule has 3 N–H and O–H groups in total. The minimum Gasteiger partial charge on any atom is -0.394 e. The maximum atomic E-state index is 14.2. The number of anilines is 1. The van der Waals surface area contributed by atoms with E-state index >= 15 is 0 Å². The van der Waals surface area contributed by atoms with Crippen LogP contribution in [0.25, 0.3) is 0 Å². The molecule has 3 aliphatic heterocycles. The largest absolute Gasteiger partial charge is 0.394 e. The number of likely N-dealkylation sites (tertiary alicyclic amines) is 1. The zero-order valence-electron chi connectivity index (χ0n) is 21.1. The van der Waals surface area contributed by atoms with Crippen LogP contribution in [-0.2, 0) is 20.9 Å². The van der Waals surface area contributed by atoms with E-state index in [0.29, 0.717) is 23.7 Å². The third-order valence-corrected chi connectivity index (χ3v) is 11.5. The Morgan fingerprint density at radius 2 is 1.84 bits per heavy atom. The molecule has 3 amide bonds. The first-order valence-corrected chi connectivity index (χ1v) is 15.0. The monoisotopic (exact) mass is 619 g/mol. The molecule has 1 spiro atoms. The molecule has 2 aromatic rings. The van der Waals surface area contributed by atoms with Gasteiger partial charge in [-0.1, -0.05) is 71.7 Å². The maximum absolute atomic E-state index is 14.2. The van der Waals surface area contributed by atoms with E-state index < -0.39 is 28.7 Å². The van der Waals surface area contributed by atoms with Crippen LogP contribution in [0.2, 0.25) is 5.02 Å². The zero-order chi connectivity index (χ0) is 27.2. The van der Waals surface area contributed by atoms with Crippen molar-refractivity contribution in [3.05, 3.63) is 65.2 Å². The number of carbonyl (C=O) groups is 3. The normalized spacial score (nSPS) is 30.4. The first-order valence-electron chi connectivity index (χ1n) is 12.8. The van der Waals surface area contributed by atoms with E-state index in [9.17, 15) is 19.5 Å². The molecule has 3 aliphatic rings. The number of aliphatic hydroxyl groups excluding tert-OH is 1. The Bertz CT molecular complexity index is 1220. The number of alkyl halides is 1. The van der Waals surface area contributed by atoms with Gasteiger partial charge in [0, 0.05) is 27.3 Å². The number of nitrogens with zero attached hydrogens (tertiary/aromatic N) is 1. The van der Waals surface area contributed by atoms with Crippen LogP contribution in [0.5, 0.6) is 0 Å². The average Bonchev–Trinajstić information content (AvgIpc) is 3.48. The molecule has 0 aliphatic carbocycles. The van der Waals surface area contributed by atoms with Crippen LogP contribution in [0.15, 0.2) is 54.6 Å². The van der Waals surface area contributed by atoms with Crippen LogP contribution in [-0.4, -0.2) is 61.2 Å². The first kappa shape index (κ1) is 27.5. The molecule has 0 aromatic heterocycles. The number of hydrogen-bond donors (Lipinski definition) is 3. The van der Waals surface area contributed by atoms with Gasteiger partial charge in [-0.15, -0.1) is 11.8 Å². The van der Waals surface area contributed by atoms with E-state index in [0.717, 1.165) is 5.56 Å². The summed E-state index contributed by atoms with van der Waals surface area (Å²) in [4.78, 5) is 43.4. The molecular weight excluding hydrogens is 590 g/mol. The summed E-state index contributed by atoms with van der Waals surface area (Å²) >= 11 is 11.4. The number of thioether (sulfide) groups is 1. The van der Waals surface area contributed by atoms with E-state index in [1.165, 1.54) is 0 Å². The van der Waals surface area contributed by atoms with Gasteiger partial charge >= 0.3 is 0 Å². The highest BCUT2D eigenvalue weighted by Crippen LogP contribution is 2.68. The van der Waals surface area contributed by atoms with Crippen molar-refractivity contribution in [1.29, 1.82) is 0 Å². The second-order valence-corrected chi connectivity index (χ2v) is 13.8. The molecule has 3 unspecified atom stereocenters. The van der Waals surface area contributed by atoms with Crippen LogP contribution in [0.1, 0.15) is 25.8 Å². The summed E-state index contributed by atoms with van der Waals surface area (Å²) in [6.07, 6.45) is 0.576. The average molecular weight is 621 g/mol. The zero-order valence-corrected chi connectivity index (χ0v) is 24.3. The van der Waals surface area contributed by atoms with Crippen LogP contribution >= 0.6 is 39.3 Å². The first-order chi connectivity index (χ1) is 18.2. The lowest BCUT2D eigenvalue weighted by Gasteiger charge is -2.38. The summed E-state index contributed by atoms with van der Waals surface area (Å²) in [5.41, 5.74) is 1.54. The Balaban J connectivity index is 1.49. The number of rotatable bonds is 8. The molecule has 0 saturated carbocycles. The number of halogens is 2. The fourth-order valence-corrected chi connectivity index (χ4v) is 10.0. The number of benzene rings is 2. The molecule has 5 rings (SSSR count). The molecule has 10 heteroatoms. The summed E-state index contributed by atoms with van der Waals surface area (Å²) in [7, 11) is 0. The third kappa shape index (κ3) is 4.65. The number of aliphatic hydroxyl groups is 1.